The number of hydrogen-bond acceptors (Lipinski definition) is 7. The maximum Gasteiger partial charge on any atom is 0.188 e. The van der Waals surface area contributed by atoms with Gasteiger partial charge in [0.15, 0.2) is 29.9 Å². The summed E-state index contributed by atoms with van der Waals surface area (Å²) in [5.74, 6) is -0.266. The Morgan fingerprint density at radius 3 is 2.31 bits per heavy atom. The van der Waals surface area contributed by atoms with Crippen molar-refractivity contribution in [1.29, 1.82) is 0 Å². The van der Waals surface area contributed by atoms with E-state index in [2.05, 4.69) is 0 Å². The number of benzene rings is 2. The lowest BCUT2D eigenvalue weighted by atomic mass is 10.1. The second-order valence-corrected chi connectivity index (χ2v) is 5.95. The van der Waals surface area contributed by atoms with Crippen LogP contribution in [0.25, 0.3) is 12.2 Å². The SMILES string of the molecule is COCOc1cccc(O)c1C=CC(=O)CC(=O)C=Cc1ccc(OC)c(O)c1. The summed E-state index contributed by atoms with van der Waals surface area (Å²) in [5.41, 5.74) is 0.906. The van der Waals surface area contributed by atoms with Crippen LogP contribution in [0.2, 0.25) is 0 Å². The van der Waals surface area contributed by atoms with E-state index in [9.17, 15) is 19.8 Å². The topological polar surface area (TPSA) is 102 Å². The lowest BCUT2D eigenvalue weighted by Gasteiger charge is -2.09. The fraction of sp³-hybridized carbons (Fsp3) is 0.182. The molecule has 0 bridgehead atoms. The number of carbonyl (C=O) groups is 2. The van der Waals surface area contributed by atoms with Crippen molar-refractivity contribution in [3.8, 4) is 23.0 Å². The van der Waals surface area contributed by atoms with Crippen LogP contribution in [0.1, 0.15) is 17.5 Å². The molecule has 0 aliphatic heterocycles. The Morgan fingerprint density at radius 2 is 1.66 bits per heavy atom. The number of methoxy groups -OCH3 is 2. The third kappa shape index (κ3) is 6.51. The Labute approximate surface area is 168 Å². The van der Waals surface area contributed by atoms with E-state index in [1.807, 2.05) is 0 Å². The van der Waals surface area contributed by atoms with Crippen molar-refractivity contribution in [2.75, 3.05) is 21.0 Å². The Balaban J connectivity index is 2.00. The van der Waals surface area contributed by atoms with Gasteiger partial charge in [0.25, 0.3) is 0 Å². The van der Waals surface area contributed by atoms with Crippen molar-refractivity contribution in [2.24, 2.45) is 0 Å². The minimum absolute atomic E-state index is 0.0115. The number of phenolic OH excluding ortho intramolecular Hbond substituents is 2. The van der Waals surface area contributed by atoms with Crippen molar-refractivity contribution in [3.63, 3.8) is 0 Å². The zero-order chi connectivity index (χ0) is 21.2. The first-order chi connectivity index (χ1) is 13.9. The zero-order valence-electron chi connectivity index (χ0n) is 16.1. The van der Waals surface area contributed by atoms with Crippen LogP contribution >= 0.6 is 0 Å². The highest BCUT2D eigenvalue weighted by atomic mass is 16.7. The van der Waals surface area contributed by atoms with Gasteiger partial charge in [-0.3, -0.25) is 9.59 Å². The molecule has 0 aliphatic rings. The average Bonchev–Trinajstić information content (AvgIpc) is 2.70. The van der Waals surface area contributed by atoms with Gasteiger partial charge in [-0.05, 0) is 48.1 Å². The van der Waals surface area contributed by atoms with Gasteiger partial charge in [0.2, 0.25) is 0 Å². The molecular weight excluding hydrogens is 376 g/mol. The van der Waals surface area contributed by atoms with E-state index < -0.39 is 11.6 Å². The summed E-state index contributed by atoms with van der Waals surface area (Å²) in [6.07, 6.45) is 5.02. The van der Waals surface area contributed by atoms with Crippen molar-refractivity contribution in [2.45, 2.75) is 6.42 Å². The fourth-order valence-corrected chi connectivity index (χ4v) is 2.41. The number of carbonyl (C=O) groups excluding carboxylic acids is 2. The molecule has 0 saturated heterocycles. The van der Waals surface area contributed by atoms with Crippen molar-refractivity contribution >= 4 is 23.7 Å². The third-order valence-corrected chi connectivity index (χ3v) is 3.82. The summed E-state index contributed by atoms with van der Waals surface area (Å²) in [7, 11) is 2.91. The summed E-state index contributed by atoms with van der Waals surface area (Å²) in [6, 6.07) is 9.38. The van der Waals surface area contributed by atoms with Crippen LogP contribution in [0.15, 0.2) is 48.6 Å². The van der Waals surface area contributed by atoms with E-state index >= 15 is 0 Å². The smallest absolute Gasteiger partial charge is 0.188 e. The zero-order valence-corrected chi connectivity index (χ0v) is 16.1. The molecule has 7 heteroatoms. The van der Waals surface area contributed by atoms with Gasteiger partial charge in [-0.2, -0.15) is 0 Å². The Morgan fingerprint density at radius 1 is 0.931 bits per heavy atom. The van der Waals surface area contributed by atoms with Gasteiger partial charge >= 0.3 is 0 Å². The number of allylic oxidation sites excluding steroid dienone is 2. The Bertz CT molecular complexity index is 929. The van der Waals surface area contributed by atoms with Gasteiger partial charge in [0.05, 0.1) is 19.1 Å². The molecule has 0 aromatic heterocycles. The highest BCUT2D eigenvalue weighted by molar-refractivity contribution is 6.11. The van der Waals surface area contributed by atoms with E-state index in [1.165, 1.54) is 50.7 Å². The van der Waals surface area contributed by atoms with Crippen LogP contribution in [0, 0.1) is 0 Å². The third-order valence-electron chi connectivity index (χ3n) is 3.82. The van der Waals surface area contributed by atoms with Gasteiger partial charge < -0.3 is 24.4 Å². The molecule has 0 unspecified atom stereocenters. The lowest BCUT2D eigenvalue weighted by molar-refractivity contribution is -0.121. The molecule has 0 radical (unpaired) electrons. The highest BCUT2D eigenvalue weighted by Gasteiger charge is 2.09. The highest BCUT2D eigenvalue weighted by Crippen LogP contribution is 2.29. The largest absolute Gasteiger partial charge is 0.507 e. The number of ether oxygens (including phenoxy) is 3. The number of hydrogen-bond donors (Lipinski definition) is 2. The van der Waals surface area contributed by atoms with E-state index in [0.29, 0.717) is 22.6 Å². The number of aromatic hydroxyl groups is 2. The molecule has 2 aromatic carbocycles. The van der Waals surface area contributed by atoms with Gasteiger partial charge in [0.1, 0.15) is 11.5 Å². The maximum absolute atomic E-state index is 12.1. The normalized spacial score (nSPS) is 11.1. The monoisotopic (exact) mass is 398 g/mol. The Kier molecular flexibility index (Phi) is 8.00. The Hall–Kier alpha value is -3.58. The molecule has 0 amide bonds. The summed E-state index contributed by atoms with van der Waals surface area (Å²) in [5, 5.41) is 19.7. The minimum atomic E-state index is -0.432. The van der Waals surface area contributed by atoms with E-state index in [4.69, 9.17) is 14.2 Å². The first kappa shape index (κ1) is 21.7. The molecular formula is C22H22O7. The molecule has 2 N–H and O–H groups in total. The predicted molar refractivity (Wildman–Crippen MR) is 108 cm³/mol. The first-order valence-electron chi connectivity index (χ1n) is 8.67. The second kappa shape index (κ2) is 10.7. The van der Waals surface area contributed by atoms with Crippen LogP contribution in [0.5, 0.6) is 23.0 Å². The molecule has 0 aliphatic carbocycles. The van der Waals surface area contributed by atoms with Gasteiger partial charge in [-0.25, -0.2) is 0 Å². The van der Waals surface area contributed by atoms with Crippen LogP contribution < -0.4 is 9.47 Å². The molecule has 2 rings (SSSR count). The number of rotatable bonds is 10. The molecule has 0 heterocycles. The van der Waals surface area contributed by atoms with Crippen LogP contribution in [-0.4, -0.2) is 42.8 Å². The maximum atomic E-state index is 12.1. The molecule has 0 fully saturated rings. The molecule has 0 spiro atoms. The number of ketones is 2. The molecule has 2 aromatic rings. The van der Waals surface area contributed by atoms with E-state index in [1.54, 1.807) is 24.3 Å². The first-order valence-corrected chi connectivity index (χ1v) is 8.67. The van der Waals surface area contributed by atoms with Crippen molar-refractivity contribution in [1.82, 2.24) is 0 Å². The van der Waals surface area contributed by atoms with E-state index in [0.717, 1.165) is 0 Å². The lowest BCUT2D eigenvalue weighted by Crippen LogP contribution is -2.02. The predicted octanol–water partition coefficient (Wildman–Crippen LogP) is 3.34. The van der Waals surface area contributed by atoms with Crippen LogP contribution in [0.4, 0.5) is 0 Å². The molecule has 7 nitrogen and oxygen atoms in total. The fourth-order valence-electron chi connectivity index (χ4n) is 2.41. The van der Waals surface area contributed by atoms with Crippen LogP contribution in [0.3, 0.4) is 0 Å². The van der Waals surface area contributed by atoms with Gasteiger partial charge in [-0.15, -0.1) is 0 Å². The van der Waals surface area contributed by atoms with Gasteiger partial charge in [0, 0.05) is 7.11 Å². The van der Waals surface area contributed by atoms with Crippen LogP contribution in [-0.2, 0) is 14.3 Å². The van der Waals surface area contributed by atoms with E-state index in [-0.39, 0.29) is 24.7 Å². The quantitative estimate of drug-likeness (QED) is 0.359. The molecule has 0 atom stereocenters. The van der Waals surface area contributed by atoms with Crippen molar-refractivity contribution < 1.29 is 34.0 Å². The summed E-state index contributed by atoms with van der Waals surface area (Å²) < 4.78 is 15.1. The molecule has 29 heavy (non-hydrogen) atoms. The second-order valence-electron chi connectivity index (χ2n) is 5.95. The summed E-state index contributed by atoms with van der Waals surface area (Å²) >= 11 is 0. The van der Waals surface area contributed by atoms with Crippen molar-refractivity contribution in [3.05, 3.63) is 59.7 Å². The standard InChI is InChI=1S/C22H22O7/c1-27-14-29-21-5-3-4-19(25)18(21)10-9-17(24)13-16(23)8-6-15-7-11-22(28-2)20(26)12-15/h3-12,25-26H,13-14H2,1-2H3. The summed E-state index contributed by atoms with van der Waals surface area (Å²) in [4.78, 5) is 24.1. The van der Waals surface area contributed by atoms with Gasteiger partial charge in [-0.1, -0.05) is 18.2 Å². The molecule has 152 valence electrons. The molecule has 0 saturated carbocycles. The average molecular weight is 398 g/mol. The minimum Gasteiger partial charge on any atom is -0.507 e. The summed E-state index contributed by atoms with van der Waals surface area (Å²) in [6.45, 7) is -0.0115. The number of phenols is 2.